The van der Waals surface area contributed by atoms with Crippen molar-refractivity contribution in [3.63, 3.8) is 0 Å². The molecule has 2 rings (SSSR count). The first-order chi connectivity index (χ1) is 8.00. The summed E-state index contributed by atoms with van der Waals surface area (Å²) in [6.45, 7) is 3.76. The summed E-state index contributed by atoms with van der Waals surface area (Å²) in [5, 5.41) is 9.30. The van der Waals surface area contributed by atoms with Gasteiger partial charge in [-0.1, -0.05) is 25.1 Å². The first kappa shape index (κ1) is 11.6. The number of hydrogen-bond acceptors (Lipinski definition) is 2. The molecule has 0 fully saturated rings. The quantitative estimate of drug-likeness (QED) is 0.867. The Morgan fingerprint density at radius 2 is 2.12 bits per heavy atom. The SMILES string of the molecule is CCC(C)(C(=O)O)N1Cc2ccccc2C1=O. The fraction of sp³-hybridized carbons (Fsp3) is 0.385. The number of carbonyl (C=O) groups excluding carboxylic acids is 1. The minimum Gasteiger partial charge on any atom is -0.480 e. The van der Waals surface area contributed by atoms with Crippen molar-refractivity contribution in [1.82, 2.24) is 4.90 Å². The summed E-state index contributed by atoms with van der Waals surface area (Å²) in [5.74, 6) is -1.14. The number of amides is 1. The zero-order valence-electron chi connectivity index (χ0n) is 9.93. The third-order valence-corrected chi connectivity index (χ3v) is 3.57. The van der Waals surface area contributed by atoms with Gasteiger partial charge in [-0.05, 0) is 25.0 Å². The Labute approximate surface area is 99.9 Å². The largest absolute Gasteiger partial charge is 0.480 e. The Morgan fingerprint density at radius 3 is 2.65 bits per heavy atom. The van der Waals surface area contributed by atoms with Gasteiger partial charge in [0.2, 0.25) is 0 Å². The van der Waals surface area contributed by atoms with E-state index >= 15 is 0 Å². The van der Waals surface area contributed by atoms with Gasteiger partial charge in [0.1, 0.15) is 5.54 Å². The molecule has 0 saturated carbocycles. The molecule has 4 nitrogen and oxygen atoms in total. The third-order valence-electron chi connectivity index (χ3n) is 3.57. The summed E-state index contributed by atoms with van der Waals surface area (Å²) in [7, 11) is 0. The molecule has 0 bridgehead atoms. The van der Waals surface area contributed by atoms with E-state index in [1.807, 2.05) is 12.1 Å². The van der Waals surface area contributed by atoms with Crippen LogP contribution in [0.25, 0.3) is 0 Å². The van der Waals surface area contributed by atoms with E-state index in [4.69, 9.17) is 0 Å². The zero-order chi connectivity index (χ0) is 12.6. The van der Waals surface area contributed by atoms with Gasteiger partial charge in [-0.2, -0.15) is 0 Å². The predicted molar refractivity (Wildman–Crippen MR) is 62.6 cm³/mol. The van der Waals surface area contributed by atoms with Crippen LogP contribution in [0.2, 0.25) is 0 Å². The van der Waals surface area contributed by atoms with Gasteiger partial charge in [-0.3, -0.25) is 4.79 Å². The van der Waals surface area contributed by atoms with Crippen molar-refractivity contribution in [2.24, 2.45) is 0 Å². The minimum absolute atomic E-state index is 0.188. The molecule has 90 valence electrons. The van der Waals surface area contributed by atoms with Gasteiger partial charge >= 0.3 is 5.97 Å². The second kappa shape index (κ2) is 3.87. The van der Waals surface area contributed by atoms with Gasteiger partial charge in [0, 0.05) is 12.1 Å². The fourth-order valence-electron chi connectivity index (χ4n) is 2.11. The Balaban J connectivity index is 2.40. The topological polar surface area (TPSA) is 57.6 Å². The molecular weight excluding hydrogens is 218 g/mol. The lowest BCUT2D eigenvalue weighted by Gasteiger charge is -2.33. The molecule has 0 aliphatic carbocycles. The molecular formula is C13H15NO3. The maximum absolute atomic E-state index is 12.2. The number of carbonyl (C=O) groups is 2. The van der Waals surface area contributed by atoms with Crippen LogP contribution in [-0.2, 0) is 11.3 Å². The number of hydrogen-bond donors (Lipinski definition) is 1. The summed E-state index contributed by atoms with van der Waals surface area (Å²) < 4.78 is 0. The Morgan fingerprint density at radius 1 is 1.47 bits per heavy atom. The Kier molecular flexibility index (Phi) is 2.65. The van der Waals surface area contributed by atoms with Crippen LogP contribution in [0.15, 0.2) is 24.3 Å². The van der Waals surface area contributed by atoms with Crippen molar-refractivity contribution in [2.45, 2.75) is 32.4 Å². The predicted octanol–water partition coefficient (Wildman–Crippen LogP) is 1.90. The summed E-state index contributed by atoms with van der Waals surface area (Å²) in [4.78, 5) is 25.0. The van der Waals surface area contributed by atoms with E-state index in [1.165, 1.54) is 4.90 Å². The van der Waals surface area contributed by atoms with Crippen molar-refractivity contribution in [1.29, 1.82) is 0 Å². The highest BCUT2D eigenvalue weighted by atomic mass is 16.4. The van der Waals surface area contributed by atoms with Crippen LogP contribution in [0.3, 0.4) is 0 Å². The van der Waals surface area contributed by atoms with E-state index in [0.29, 0.717) is 18.5 Å². The third kappa shape index (κ3) is 1.60. The van der Waals surface area contributed by atoms with Crippen LogP contribution in [0, 0.1) is 0 Å². The van der Waals surface area contributed by atoms with Gasteiger partial charge < -0.3 is 10.0 Å². The Hall–Kier alpha value is -1.84. The first-order valence-electron chi connectivity index (χ1n) is 5.64. The zero-order valence-corrected chi connectivity index (χ0v) is 9.93. The molecule has 1 aromatic carbocycles. The van der Waals surface area contributed by atoms with Gasteiger partial charge in [-0.15, -0.1) is 0 Å². The van der Waals surface area contributed by atoms with Crippen LogP contribution >= 0.6 is 0 Å². The molecule has 0 spiro atoms. The number of fused-ring (bicyclic) bond motifs is 1. The molecule has 1 N–H and O–H groups in total. The maximum Gasteiger partial charge on any atom is 0.329 e. The number of aliphatic carboxylic acids is 1. The number of benzene rings is 1. The molecule has 1 aromatic rings. The van der Waals surface area contributed by atoms with E-state index < -0.39 is 11.5 Å². The van der Waals surface area contributed by atoms with Crippen molar-refractivity contribution >= 4 is 11.9 Å². The van der Waals surface area contributed by atoms with Crippen LogP contribution < -0.4 is 0 Å². The number of nitrogens with zero attached hydrogens (tertiary/aromatic N) is 1. The van der Waals surface area contributed by atoms with E-state index in [2.05, 4.69) is 0 Å². The highest BCUT2D eigenvalue weighted by molar-refractivity contribution is 6.01. The second-order valence-corrected chi connectivity index (χ2v) is 4.48. The summed E-state index contributed by atoms with van der Waals surface area (Å²) in [6.07, 6.45) is 0.391. The number of rotatable bonds is 3. The molecule has 17 heavy (non-hydrogen) atoms. The molecule has 4 heteroatoms. The standard InChI is InChI=1S/C13H15NO3/c1-3-13(2,12(16)17)14-8-9-6-4-5-7-10(9)11(14)15/h4-7H,3,8H2,1-2H3,(H,16,17). The van der Waals surface area contributed by atoms with E-state index in [-0.39, 0.29) is 5.91 Å². The molecule has 1 aliphatic heterocycles. The molecule has 0 radical (unpaired) electrons. The van der Waals surface area contributed by atoms with Gasteiger partial charge in [0.05, 0.1) is 0 Å². The summed E-state index contributed by atoms with van der Waals surface area (Å²) in [5.41, 5.74) is 0.391. The molecule has 1 atom stereocenters. The second-order valence-electron chi connectivity index (χ2n) is 4.48. The monoisotopic (exact) mass is 233 g/mol. The van der Waals surface area contributed by atoms with Crippen LogP contribution in [0.1, 0.15) is 36.2 Å². The maximum atomic E-state index is 12.2. The number of carboxylic acids is 1. The van der Waals surface area contributed by atoms with Crippen molar-refractivity contribution in [3.8, 4) is 0 Å². The van der Waals surface area contributed by atoms with Crippen molar-refractivity contribution < 1.29 is 14.7 Å². The lowest BCUT2D eigenvalue weighted by atomic mass is 9.97. The minimum atomic E-state index is -1.13. The van der Waals surface area contributed by atoms with E-state index in [9.17, 15) is 14.7 Å². The van der Waals surface area contributed by atoms with Crippen LogP contribution in [-0.4, -0.2) is 27.4 Å². The van der Waals surface area contributed by atoms with Crippen LogP contribution in [0.4, 0.5) is 0 Å². The summed E-state index contributed by atoms with van der Waals surface area (Å²) >= 11 is 0. The van der Waals surface area contributed by atoms with E-state index in [0.717, 1.165) is 5.56 Å². The smallest absolute Gasteiger partial charge is 0.329 e. The van der Waals surface area contributed by atoms with Gasteiger partial charge in [0.15, 0.2) is 0 Å². The molecule has 1 amide bonds. The molecule has 1 heterocycles. The van der Waals surface area contributed by atoms with Crippen LogP contribution in [0.5, 0.6) is 0 Å². The average Bonchev–Trinajstić information content (AvgIpc) is 2.67. The lowest BCUT2D eigenvalue weighted by molar-refractivity contribution is -0.149. The van der Waals surface area contributed by atoms with E-state index in [1.54, 1.807) is 26.0 Å². The van der Waals surface area contributed by atoms with Crippen molar-refractivity contribution in [2.75, 3.05) is 0 Å². The summed E-state index contributed by atoms with van der Waals surface area (Å²) in [6, 6.07) is 7.27. The molecule has 0 aromatic heterocycles. The van der Waals surface area contributed by atoms with Gasteiger partial charge in [0.25, 0.3) is 5.91 Å². The first-order valence-corrected chi connectivity index (χ1v) is 5.64. The fourth-order valence-corrected chi connectivity index (χ4v) is 2.11. The average molecular weight is 233 g/mol. The lowest BCUT2D eigenvalue weighted by Crippen LogP contribution is -2.52. The highest BCUT2D eigenvalue weighted by Crippen LogP contribution is 2.31. The van der Waals surface area contributed by atoms with Crippen molar-refractivity contribution in [3.05, 3.63) is 35.4 Å². The number of carboxylic acid groups (broad SMARTS) is 1. The Bertz CT molecular complexity index is 483. The highest BCUT2D eigenvalue weighted by Gasteiger charge is 2.44. The molecule has 1 aliphatic rings. The molecule has 0 saturated heterocycles. The van der Waals surface area contributed by atoms with Gasteiger partial charge in [-0.25, -0.2) is 4.79 Å². The normalized spacial score (nSPS) is 17.8. The molecule has 1 unspecified atom stereocenters.